The fraction of sp³-hybridized carbons (Fsp3) is 0.714. The maximum absolute atomic E-state index is 5.63. The third kappa shape index (κ3) is 1.83. The van der Waals surface area contributed by atoms with Crippen LogP contribution in [0.15, 0.2) is 11.1 Å². The van der Waals surface area contributed by atoms with Gasteiger partial charge in [0.25, 0.3) is 0 Å². The van der Waals surface area contributed by atoms with Crippen molar-refractivity contribution in [3.8, 4) is 0 Å². The average molecular weight is 178 g/mol. The highest BCUT2D eigenvalue weighted by molar-refractivity contribution is 8.03. The molecule has 1 heterocycles. The Balaban J connectivity index is 2.36. The van der Waals surface area contributed by atoms with E-state index in [1.807, 2.05) is 11.8 Å². The minimum absolute atomic E-state index is 0.536. The van der Waals surface area contributed by atoms with Gasteiger partial charge in [0.1, 0.15) is 0 Å². The molecule has 1 atom stereocenters. The molecule has 1 aliphatic heterocycles. The molecular formula is C7H12ClNS. The number of alkyl halides is 1. The van der Waals surface area contributed by atoms with Gasteiger partial charge in [-0.25, -0.2) is 0 Å². The van der Waals surface area contributed by atoms with E-state index in [0.717, 1.165) is 5.70 Å². The van der Waals surface area contributed by atoms with Gasteiger partial charge >= 0.3 is 0 Å². The Morgan fingerprint density at radius 1 is 1.80 bits per heavy atom. The van der Waals surface area contributed by atoms with Gasteiger partial charge in [0.05, 0.1) is 11.3 Å². The van der Waals surface area contributed by atoms with Gasteiger partial charge in [-0.05, 0) is 11.3 Å². The SMILES string of the molecule is CC(C)C1NC(CCl)=CS1. The van der Waals surface area contributed by atoms with Gasteiger partial charge < -0.3 is 5.32 Å². The van der Waals surface area contributed by atoms with Crippen LogP contribution in [-0.4, -0.2) is 11.3 Å². The van der Waals surface area contributed by atoms with E-state index in [4.69, 9.17) is 11.6 Å². The van der Waals surface area contributed by atoms with Gasteiger partial charge in [0.15, 0.2) is 0 Å². The standard InChI is InChI=1S/C7H12ClNS/c1-5(2)7-9-6(3-8)4-10-7/h4-5,7,9H,3H2,1-2H3. The van der Waals surface area contributed by atoms with Crippen LogP contribution in [-0.2, 0) is 0 Å². The van der Waals surface area contributed by atoms with Crippen molar-refractivity contribution in [1.82, 2.24) is 5.32 Å². The summed E-state index contributed by atoms with van der Waals surface area (Å²) in [6.07, 6.45) is 0. The van der Waals surface area contributed by atoms with Gasteiger partial charge in [-0.1, -0.05) is 13.8 Å². The van der Waals surface area contributed by atoms with Crippen LogP contribution in [0.4, 0.5) is 0 Å². The molecule has 0 bridgehead atoms. The third-order valence-electron chi connectivity index (χ3n) is 1.43. The fourth-order valence-electron chi connectivity index (χ4n) is 0.800. The van der Waals surface area contributed by atoms with Crippen LogP contribution < -0.4 is 5.32 Å². The van der Waals surface area contributed by atoms with Crippen molar-refractivity contribution >= 4 is 23.4 Å². The quantitative estimate of drug-likeness (QED) is 0.651. The Morgan fingerprint density at radius 3 is 2.80 bits per heavy atom. The highest BCUT2D eigenvalue weighted by Crippen LogP contribution is 2.26. The number of halogens is 1. The molecule has 0 amide bonds. The van der Waals surface area contributed by atoms with Crippen LogP contribution in [0, 0.1) is 5.92 Å². The van der Waals surface area contributed by atoms with Crippen molar-refractivity contribution in [3.05, 3.63) is 11.1 Å². The second-order valence-electron chi connectivity index (χ2n) is 2.72. The van der Waals surface area contributed by atoms with E-state index >= 15 is 0 Å². The molecule has 0 saturated carbocycles. The summed E-state index contributed by atoms with van der Waals surface area (Å²) < 4.78 is 0. The van der Waals surface area contributed by atoms with E-state index < -0.39 is 0 Å². The predicted molar refractivity (Wildman–Crippen MR) is 48.2 cm³/mol. The van der Waals surface area contributed by atoms with Gasteiger partial charge in [-0.15, -0.1) is 23.4 Å². The number of hydrogen-bond donors (Lipinski definition) is 1. The predicted octanol–water partition coefficient (Wildman–Crippen LogP) is 2.39. The van der Waals surface area contributed by atoms with Crippen LogP contribution in [0.3, 0.4) is 0 Å². The molecule has 58 valence electrons. The lowest BCUT2D eigenvalue weighted by atomic mass is 10.2. The Hall–Kier alpha value is 0.180. The molecule has 0 spiro atoms. The van der Waals surface area contributed by atoms with Gasteiger partial charge in [-0.2, -0.15) is 0 Å². The number of rotatable bonds is 2. The van der Waals surface area contributed by atoms with Gasteiger partial charge in [0, 0.05) is 5.70 Å². The smallest absolute Gasteiger partial charge is 0.0784 e. The third-order valence-corrected chi connectivity index (χ3v) is 3.10. The summed E-state index contributed by atoms with van der Waals surface area (Å²) in [6, 6.07) is 0. The molecule has 1 N–H and O–H groups in total. The van der Waals surface area contributed by atoms with E-state index in [0.29, 0.717) is 17.2 Å². The molecule has 3 heteroatoms. The van der Waals surface area contributed by atoms with Gasteiger partial charge in [0.2, 0.25) is 0 Å². The number of thioether (sulfide) groups is 1. The summed E-state index contributed by atoms with van der Waals surface area (Å²) in [6.45, 7) is 4.41. The summed E-state index contributed by atoms with van der Waals surface area (Å²) in [7, 11) is 0. The lowest BCUT2D eigenvalue weighted by Gasteiger charge is -2.15. The molecule has 0 radical (unpaired) electrons. The van der Waals surface area contributed by atoms with Crippen LogP contribution in [0.2, 0.25) is 0 Å². The highest BCUT2D eigenvalue weighted by atomic mass is 35.5. The first-order valence-corrected chi connectivity index (χ1v) is 4.88. The Kier molecular flexibility index (Phi) is 2.93. The number of hydrogen-bond acceptors (Lipinski definition) is 2. The Bertz CT molecular complexity index is 145. The molecule has 1 nitrogen and oxygen atoms in total. The average Bonchev–Trinajstić information content (AvgIpc) is 2.34. The summed E-state index contributed by atoms with van der Waals surface area (Å²) >= 11 is 7.46. The molecule has 0 saturated heterocycles. The fourth-order valence-corrected chi connectivity index (χ4v) is 2.04. The van der Waals surface area contributed by atoms with Crippen molar-refractivity contribution in [2.75, 3.05) is 5.88 Å². The summed E-state index contributed by atoms with van der Waals surface area (Å²) in [4.78, 5) is 0. The maximum Gasteiger partial charge on any atom is 0.0784 e. The largest absolute Gasteiger partial charge is 0.375 e. The molecule has 0 aliphatic carbocycles. The summed E-state index contributed by atoms with van der Waals surface area (Å²) in [5.41, 5.74) is 1.16. The lowest BCUT2D eigenvalue weighted by molar-refractivity contribution is 0.564. The molecule has 0 fully saturated rings. The normalized spacial score (nSPS) is 24.8. The van der Waals surface area contributed by atoms with Crippen LogP contribution in [0.1, 0.15) is 13.8 Å². The van der Waals surface area contributed by atoms with E-state index in [2.05, 4.69) is 24.6 Å². The molecule has 0 aromatic heterocycles. The van der Waals surface area contributed by atoms with Crippen molar-refractivity contribution in [3.63, 3.8) is 0 Å². The molecule has 0 aromatic carbocycles. The highest BCUT2D eigenvalue weighted by Gasteiger charge is 2.18. The molecule has 1 unspecified atom stereocenters. The van der Waals surface area contributed by atoms with Crippen molar-refractivity contribution in [2.24, 2.45) is 5.92 Å². The Labute approximate surface area is 71.2 Å². The first kappa shape index (κ1) is 8.28. The lowest BCUT2D eigenvalue weighted by Crippen LogP contribution is -2.25. The molecule has 1 aliphatic rings. The molecule has 0 aromatic rings. The number of allylic oxidation sites excluding steroid dienone is 1. The van der Waals surface area contributed by atoms with Gasteiger partial charge in [-0.3, -0.25) is 0 Å². The first-order chi connectivity index (χ1) is 4.74. The van der Waals surface area contributed by atoms with Crippen molar-refractivity contribution in [1.29, 1.82) is 0 Å². The first-order valence-electron chi connectivity index (χ1n) is 3.41. The summed E-state index contributed by atoms with van der Waals surface area (Å²) in [5.74, 6) is 1.28. The van der Waals surface area contributed by atoms with E-state index in [9.17, 15) is 0 Å². The van der Waals surface area contributed by atoms with Crippen LogP contribution in [0.25, 0.3) is 0 Å². The van der Waals surface area contributed by atoms with E-state index in [1.54, 1.807) is 0 Å². The maximum atomic E-state index is 5.63. The minimum atomic E-state index is 0.536. The van der Waals surface area contributed by atoms with Crippen molar-refractivity contribution < 1.29 is 0 Å². The number of nitrogens with one attached hydrogen (secondary N) is 1. The molecule has 10 heavy (non-hydrogen) atoms. The van der Waals surface area contributed by atoms with Crippen molar-refractivity contribution in [2.45, 2.75) is 19.2 Å². The van der Waals surface area contributed by atoms with Crippen LogP contribution in [0.5, 0.6) is 0 Å². The second kappa shape index (κ2) is 3.54. The zero-order valence-electron chi connectivity index (χ0n) is 6.23. The van der Waals surface area contributed by atoms with E-state index in [1.165, 1.54) is 0 Å². The second-order valence-corrected chi connectivity index (χ2v) is 4.00. The van der Waals surface area contributed by atoms with E-state index in [-0.39, 0.29) is 0 Å². The topological polar surface area (TPSA) is 12.0 Å². The van der Waals surface area contributed by atoms with Crippen LogP contribution >= 0.6 is 23.4 Å². The minimum Gasteiger partial charge on any atom is -0.375 e. The zero-order chi connectivity index (χ0) is 7.56. The monoisotopic (exact) mass is 177 g/mol. The molecular weight excluding hydrogens is 166 g/mol. The Morgan fingerprint density at radius 2 is 2.50 bits per heavy atom. The summed E-state index contributed by atoms with van der Waals surface area (Å²) in [5, 5.41) is 5.98. The zero-order valence-corrected chi connectivity index (χ0v) is 7.80. The molecule has 1 rings (SSSR count).